The van der Waals surface area contributed by atoms with Crippen LogP contribution in [0.1, 0.15) is 48.0 Å². The van der Waals surface area contributed by atoms with Crippen LogP contribution in [0.2, 0.25) is 0 Å². The molecule has 2 aromatic rings. The van der Waals surface area contributed by atoms with E-state index in [0.717, 1.165) is 24.2 Å². The average molecular weight is 467 g/mol. The fraction of sp³-hybridized carbons (Fsp3) is 0.464. The van der Waals surface area contributed by atoms with Crippen molar-refractivity contribution in [3.05, 3.63) is 77.9 Å². The van der Waals surface area contributed by atoms with Crippen molar-refractivity contribution in [2.24, 2.45) is 11.8 Å². The van der Waals surface area contributed by atoms with Gasteiger partial charge in [0.05, 0.1) is 31.0 Å². The number of benzene rings is 2. The first kappa shape index (κ1) is 24.5. The molecule has 6 heteroatoms. The normalized spacial score (nSPS) is 27.7. The lowest BCUT2D eigenvalue weighted by Gasteiger charge is -2.21. The molecule has 1 saturated carbocycles. The maximum Gasteiger partial charge on any atom is 0.338 e. The van der Waals surface area contributed by atoms with Gasteiger partial charge in [0.1, 0.15) is 18.5 Å². The van der Waals surface area contributed by atoms with E-state index in [4.69, 9.17) is 14.2 Å². The molecular weight excluding hydrogens is 432 g/mol. The summed E-state index contributed by atoms with van der Waals surface area (Å²) in [5, 5.41) is 21.0. The van der Waals surface area contributed by atoms with Gasteiger partial charge in [-0.05, 0) is 55.5 Å². The van der Waals surface area contributed by atoms with Crippen molar-refractivity contribution >= 4 is 5.97 Å². The summed E-state index contributed by atoms with van der Waals surface area (Å²) in [6, 6.07) is 17.0. The summed E-state index contributed by atoms with van der Waals surface area (Å²) >= 11 is 0. The molecule has 2 aromatic carbocycles. The Bertz CT molecular complexity index is 941. The lowest BCUT2D eigenvalue weighted by atomic mass is 9.85. The summed E-state index contributed by atoms with van der Waals surface area (Å²) in [7, 11) is 0. The summed E-state index contributed by atoms with van der Waals surface area (Å²) < 4.78 is 16.9. The molecule has 182 valence electrons. The molecule has 1 heterocycles. The van der Waals surface area contributed by atoms with Crippen LogP contribution in [-0.4, -0.2) is 54.3 Å². The molecule has 6 atom stereocenters. The molecule has 4 rings (SSSR count). The molecule has 1 aliphatic carbocycles. The van der Waals surface area contributed by atoms with E-state index in [0.29, 0.717) is 25.2 Å². The lowest BCUT2D eigenvalue weighted by Crippen LogP contribution is -2.22. The van der Waals surface area contributed by atoms with Gasteiger partial charge in [-0.25, -0.2) is 4.79 Å². The van der Waals surface area contributed by atoms with Gasteiger partial charge in [0.15, 0.2) is 0 Å². The Balaban J connectivity index is 1.33. The Morgan fingerprint density at radius 1 is 1.15 bits per heavy atom. The number of carbonyl (C=O) groups excluding carboxylic acids is 1. The number of aliphatic hydroxyl groups is 2. The van der Waals surface area contributed by atoms with Gasteiger partial charge >= 0.3 is 5.97 Å². The van der Waals surface area contributed by atoms with E-state index in [9.17, 15) is 15.0 Å². The highest BCUT2D eigenvalue weighted by molar-refractivity contribution is 5.89. The molecule has 0 amide bonds. The molecule has 0 aromatic heterocycles. The summed E-state index contributed by atoms with van der Waals surface area (Å²) in [6.45, 7) is 2.91. The highest BCUT2D eigenvalue weighted by Crippen LogP contribution is 2.43. The molecule has 6 nitrogen and oxygen atoms in total. The second-order valence-corrected chi connectivity index (χ2v) is 9.11. The van der Waals surface area contributed by atoms with Gasteiger partial charge in [0.2, 0.25) is 0 Å². The van der Waals surface area contributed by atoms with Crippen molar-refractivity contribution in [2.75, 3.05) is 19.8 Å². The largest absolute Gasteiger partial charge is 0.491 e. The molecule has 0 unspecified atom stereocenters. The van der Waals surface area contributed by atoms with Crippen molar-refractivity contribution in [1.82, 2.24) is 0 Å². The number of esters is 1. The van der Waals surface area contributed by atoms with E-state index in [1.165, 1.54) is 0 Å². The third-order valence-electron chi connectivity index (χ3n) is 6.86. The van der Waals surface area contributed by atoms with Crippen LogP contribution in [0.5, 0.6) is 5.75 Å². The second-order valence-electron chi connectivity index (χ2n) is 9.11. The zero-order valence-corrected chi connectivity index (χ0v) is 19.6. The second kappa shape index (κ2) is 11.6. The highest BCUT2D eigenvalue weighted by atomic mass is 16.5. The van der Waals surface area contributed by atoms with Crippen LogP contribution < -0.4 is 4.74 Å². The zero-order chi connectivity index (χ0) is 23.9. The van der Waals surface area contributed by atoms with Crippen LogP contribution in [0.3, 0.4) is 0 Å². The molecule has 0 spiro atoms. The Morgan fingerprint density at radius 2 is 1.91 bits per heavy atom. The topological polar surface area (TPSA) is 85.2 Å². The molecular formula is C28H34O6. The van der Waals surface area contributed by atoms with Crippen molar-refractivity contribution in [1.29, 1.82) is 0 Å². The van der Waals surface area contributed by atoms with Crippen molar-refractivity contribution in [3.63, 3.8) is 0 Å². The average Bonchev–Trinajstić information content (AvgIpc) is 3.01. The monoisotopic (exact) mass is 466 g/mol. The number of carbonyl (C=O) groups is 1. The van der Waals surface area contributed by atoms with E-state index in [2.05, 4.69) is 0 Å². The first-order valence-electron chi connectivity index (χ1n) is 12.2. The van der Waals surface area contributed by atoms with Crippen molar-refractivity contribution in [3.8, 4) is 5.75 Å². The number of ether oxygens (including phenoxy) is 3. The molecule has 1 aliphatic heterocycles. The minimum absolute atomic E-state index is 0.00571. The van der Waals surface area contributed by atoms with E-state index in [1.54, 1.807) is 13.0 Å². The number of fused-ring (bicyclic) bond motifs is 1. The Hall–Kier alpha value is -2.67. The quantitative estimate of drug-likeness (QED) is 0.450. The smallest absolute Gasteiger partial charge is 0.338 e. The number of aliphatic hydroxyl groups excluding tert-OH is 2. The van der Waals surface area contributed by atoms with E-state index < -0.39 is 12.2 Å². The van der Waals surface area contributed by atoms with Crippen LogP contribution >= 0.6 is 0 Å². The Labute approximate surface area is 201 Å². The predicted octanol–water partition coefficient (Wildman–Crippen LogP) is 4.12. The van der Waals surface area contributed by atoms with Gasteiger partial charge in [0, 0.05) is 18.3 Å². The van der Waals surface area contributed by atoms with Crippen LogP contribution in [-0.2, 0) is 9.47 Å². The van der Waals surface area contributed by atoms with Gasteiger partial charge < -0.3 is 24.4 Å². The number of para-hydroxylation sites is 1. The number of hydrogen-bond acceptors (Lipinski definition) is 6. The zero-order valence-electron chi connectivity index (χ0n) is 19.6. The predicted molar refractivity (Wildman–Crippen MR) is 129 cm³/mol. The Morgan fingerprint density at radius 3 is 2.65 bits per heavy atom. The van der Waals surface area contributed by atoms with E-state index >= 15 is 0 Å². The summed E-state index contributed by atoms with van der Waals surface area (Å²) in [5.41, 5.74) is 1.70. The molecule has 0 bridgehead atoms. The van der Waals surface area contributed by atoms with Crippen molar-refractivity contribution in [2.45, 2.75) is 50.4 Å². The van der Waals surface area contributed by atoms with Gasteiger partial charge in [-0.15, -0.1) is 0 Å². The molecule has 2 fully saturated rings. The standard InChI is InChI=1S/C28H34O6/c1-2-32-28(31)20-10-8-19(9-11-20)21-12-14-25-24(26(30)16-27(25)34-17-21)15-13-22(29)18-33-23-6-4-3-5-7-23/h3-11,13,15,21-22,24-27,29-30H,2,12,14,16-18H2,1H3/t21-,22+,24+,25+,26+,27-/m0/s1. The molecule has 34 heavy (non-hydrogen) atoms. The molecule has 0 radical (unpaired) electrons. The maximum absolute atomic E-state index is 11.9. The number of hydrogen-bond donors (Lipinski definition) is 2. The first-order chi connectivity index (χ1) is 16.5. The van der Waals surface area contributed by atoms with Crippen molar-refractivity contribution < 1.29 is 29.2 Å². The Kier molecular flexibility index (Phi) is 8.38. The SMILES string of the molecule is CCOC(=O)c1ccc([C@H]2CC[C@@H]3[C@@H](C=C[C@@H](O)COc4ccccc4)[C@H](O)C[C@@H]3OC2)cc1. The van der Waals surface area contributed by atoms with Crippen LogP contribution in [0.4, 0.5) is 0 Å². The van der Waals surface area contributed by atoms with E-state index in [1.807, 2.05) is 60.7 Å². The fourth-order valence-corrected chi connectivity index (χ4v) is 5.04. The molecule has 2 aliphatic rings. The van der Waals surface area contributed by atoms with Gasteiger partial charge in [-0.1, -0.05) is 42.5 Å². The highest BCUT2D eigenvalue weighted by Gasteiger charge is 2.43. The summed E-state index contributed by atoms with van der Waals surface area (Å²) in [6.07, 6.45) is 4.92. The van der Waals surface area contributed by atoms with Crippen LogP contribution in [0.25, 0.3) is 0 Å². The van der Waals surface area contributed by atoms with E-state index in [-0.39, 0.29) is 36.4 Å². The van der Waals surface area contributed by atoms with Gasteiger partial charge in [-0.2, -0.15) is 0 Å². The number of rotatable bonds is 8. The molecule has 2 N–H and O–H groups in total. The third-order valence-corrected chi connectivity index (χ3v) is 6.86. The maximum atomic E-state index is 11.9. The van der Waals surface area contributed by atoms with Gasteiger partial charge in [-0.3, -0.25) is 0 Å². The minimum Gasteiger partial charge on any atom is -0.491 e. The van der Waals surface area contributed by atoms with Gasteiger partial charge in [0.25, 0.3) is 0 Å². The lowest BCUT2D eigenvalue weighted by molar-refractivity contribution is 0.0287. The first-order valence-corrected chi connectivity index (χ1v) is 12.2. The summed E-state index contributed by atoms with van der Waals surface area (Å²) in [5.74, 6) is 0.808. The third kappa shape index (κ3) is 6.06. The van der Waals surface area contributed by atoms with Crippen LogP contribution in [0, 0.1) is 11.8 Å². The fourth-order valence-electron chi connectivity index (χ4n) is 5.04. The minimum atomic E-state index is -0.746. The molecule has 1 saturated heterocycles. The summed E-state index contributed by atoms with van der Waals surface area (Å²) in [4.78, 5) is 11.9. The van der Waals surface area contributed by atoms with Crippen LogP contribution in [0.15, 0.2) is 66.7 Å².